The molecule has 68 valence electrons. The van der Waals surface area contributed by atoms with Crippen molar-refractivity contribution in [1.29, 1.82) is 0 Å². The maximum atomic E-state index is 11.3. The number of hydrogen-bond acceptors (Lipinski definition) is 3. The number of ether oxygens (including phenoxy) is 2. The molecule has 0 radical (unpaired) electrons. The summed E-state index contributed by atoms with van der Waals surface area (Å²) in [5.41, 5.74) is -0.699. The van der Waals surface area contributed by atoms with Crippen molar-refractivity contribution in [3.63, 3.8) is 0 Å². The van der Waals surface area contributed by atoms with Crippen LogP contribution in [0.25, 0.3) is 0 Å². The zero-order valence-electron chi connectivity index (χ0n) is 7.32. The minimum atomic E-state index is -0.699. The fourth-order valence-corrected chi connectivity index (χ4v) is 0.930. The highest BCUT2D eigenvalue weighted by molar-refractivity contribution is 5.83. The second-order valence-corrected chi connectivity index (χ2v) is 3.22. The van der Waals surface area contributed by atoms with E-state index in [0.717, 1.165) is 0 Å². The predicted octanol–water partition coefficient (Wildman–Crippen LogP) is 1.38. The summed E-state index contributed by atoms with van der Waals surface area (Å²) in [6.45, 7) is 2.18. The molecule has 1 fully saturated rings. The average molecular weight is 178 g/mol. The molecule has 0 N–H and O–H groups in total. The van der Waals surface area contributed by atoms with Crippen LogP contribution in [0.3, 0.4) is 0 Å². The van der Waals surface area contributed by atoms with Gasteiger partial charge in [-0.25, -0.2) is 4.79 Å². The van der Waals surface area contributed by atoms with E-state index in [4.69, 9.17) is 9.47 Å². The Bertz CT molecular complexity index is 314. The Kier molecular flexibility index (Phi) is 1.81. The fourth-order valence-electron chi connectivity index (χ4n) is 0.930. The molecule has 2 rings (SSSR count). The second-order valence-electron chi connectivity index (χ2n) is 3.22. The lowest BCUT2D eigenvalue weighted by Crippen LogP contribution is -2.25. The Morgan fingerprint density at radius 2 is 2.08 bits per heavy atom. The smallest absolute Gasteiger partial charge is 0.345 e. The van der Waals surface area contributed by atoms with Gasteiger partial charge in [-0.15, -0.1) is 0 Å². The third kappa shape index (κ3) is 1.70. The molecule has 0 aliphatic carbocycles. The Morgan fingerprint density at radius 3 is 2.62 bits per heavy atom. The Hall–Kier alpha value is -1.35. The Labute approximate surface area is 76.3 Å². The number of esters is 1. The van der Waals surface area contributed by atoms with Crippen LogP contribution in [0.15, 0.2) is 30.3 Å². The number of rotatable bonds is 2. The van der Waals surface area contributed by atoms with Crippen molar-refractivity contribution in [2.24, 2.45) is 0 Å². The minimum absolute atomic E-state index is 0.321. The summed E-state index contributed by atoms with van der Waals surface area (Å²) in [5, 5.41) is 0. The molecule has 1 saturated heterocycles. The number of epoxide rings is 1. The van der Waals surface area contributed by atoms with Crippen LogP contribution in [0.1, 0.15) is 6.92 Å². The third-order valence-electron chi connectivity index (χ3n) is 1.96. The maximum absolute atomic E-state index is 11.3. The first-order valence-corrected chi connectivity index (χ1v) is 4.12. The second kappa shape index (κ2) is 2.85. The van der Waals surface area contributed by atoms with Crippen LogP contribution in [0.2, 0.25) is 0 Å². The van der Waals surface area contributed by atoms with E-state index in [1.54, 1.807) is 19.1 Å². The average Bonchev–Trinajstić information content (AvgIpc) is 2.87. The quantitative estimate of drug-likeness (QED) is 0.390. The molecule has 1 unspecified atom stereocenters. The molecule has 1 atom stereocenters. The Balaban J connectivity index is 2.03. The SMILES string of the molecule is CC1(C(=O)Oc2ccccc2)CO1. The van der Waals surface area contributed by atoms with E-state index in [-0.39, 0.29) is 5.97 Å². The molecule has 0 aromatic heterocycles. The first-order chi connectivity index (χ1) is 6.21. The van der Waals surface area contributed by atoms with Gasteiger partial charge in [0.1, 0.15) is 5.75 Å². The first kappa shape index (κ1) is 8.26. The summed E-state index contributed by atoms with van der Waals surface area (Å²) in [5.74, 6) is 0.239. The predicted molar refractivity (Wildman–Crippen MR) is 46.4 cm³/mol. The molecule has 0 bridgehead atoms. The summed E-state index contributed by atoms with van der Waals surface area (Å²) in [7, 11) is 0. The standard InChI is InChI=1S/C10H10O3/c1-10(7-12-10)9(11)13-8-5-3-2-4-6-8/h2-6H,7H2,1H3. The minimum Gasteiger partial charge on any atom is -0.424 e. The van der Waals surface area contributed by atoms with Gasteiger partial charge in [0.15, 0.2) is 5.60 Å². The molecule has 13 heavy (non-hydrogen) atoms. The topological polar surface area (TPSA) is 38.8 Å². The normalized spacial score (nSPS) is 25.3. The van der Waals surface area contributed by atoms with E-state index in [1.807, 2.05) is 18.2 Å². The van der Waals surface area contributed by atoms with Crippen molar-refractivity contribution in [1.82, 2.24) is 0 Å². The lowest BCUT2D eigenvalue weighted by Gasteiger charge is -2.05. The molecule has 3 nitrogen and oxygen atoms in total. The number of hydrogen-bond donors (Lipinski definition) is 0. The summed E-state index contributed by atoms with van der Waals surface area (Å²) in [4.78, 5) is 11.3. The number of benzene rings is 1. The van der Waals surface area contributed by atoms with Crippen LogP contribution in [0, 0.1) is 0 Å². The molecule has 1 aromatic carbocycles. The molecule has 0 spiro atoms. The van der Waals surface area contributed by atoms with E-state index < -0.39 is 5.60 Å². The van der Waals surface area contributed by atoms with Gasteiger partial charge in [-0.3, -0.25) is 0 Å². The van der Waals surface area contributed by atoms with Crippen molar-refractivity contribution >= 4 is 5.97 Å². The largest absolute Gasteiger partial charge is 0.424 e. The highest BCUT2D eigenvalue weighted by atomic mass is 16.6. The first-order valence-electron chi connectivity index (χ1n) is 4.12. The van der Waals surface area contributed by atoms with E-state index in [2.05, 4.69) is 0 Å². The van der Waals surface area contributed by atoms with Crippen molar-refractivity contribution in [2.75, 3.05) is 6.61 Å². The van der Waals surface area contributed by atoms with Crippen LogP contribution < -0.4 is 4.74 Å². The Morgan fingerprint density at radius 1 is 1.46 bits per heavy atom. The maximum Gasteiger partial charge on any atom is 0.345 e. The summed E-state index contributed by atoms with van der Waals surface area (Å²) in [6.07, 6.45) is 0. The zero-order valence-corrected chi connectivity index (χ0v) is 7.32. The molecule has 1 heterocycles. The van der Waals surface area contributed by atoms with E-state index >= 15 is 0 Å². The van der Waals surface area contributed by atoms with Crippen molar-refractivity contribution in [3.8, 4) is 5.75 Å². The van der Waals surface area contributed by atoms with Crippen molar-refractivity contribution < 1.29 is 14.3 Å². The number of carbonyl (C=O) groups is 1. The third-order valence-corrected chi connectivity index (χ3v) is 1.96. The van der Waals surface area contributed by atoms with Crippen LogP contribution in [0.4, 0.5) is 0 Å². The monoisotopic (exact) mass is 178 g/mol. The summed E-state index contributed by atoms with van der Waals surface area (Å²) < 4.78 is 10.0. The van der Waals surface area contributed by atoms with E-state index in [9.17, 15) is 4.79 Å². The van der Waals surface area contributed by atoms with Crippen LogP contribution in [-0.2, 0) is 9.53 Å². The van der Waals surface area contributed by atoms with Gasteiger partial charge in [0.25, 0.3) is 0 Å². The highest BCUT2D eigenvalue weighted by Crippen LogP contribution is 2.28. The summed E-state index contributed by atoms with van der Waals surface area (Å²) in [6, 6.07) is 8.98. The molecule has 1 aliphatic heterocycles. The van der Waals surface area contributed by atoms with Gasteiger partial charge in [-0.05, 0) is 19.1 Å². The highest BCUT2D eigenvalue weighted by Gasteiger charge is 2.49. The zero-order chi connectivity index (χ0) is 9.31. The van der Waals surface area contributed by atoms with Gasteiger partial charge >= 0.3 is 5.97 Å². The van der Waals surface area contributed by atoms with E-state index in [0.29, 0.717) is 12.4 Å². The van der Waals surface area contributed by atoms with E-state index in [1.165, 1.54) is 0 Å². The summed E-state index contributed by atoms with van der Waals surface area (Å²) >= 11 is 0. The molecule has 1 aliphatic rings. The molecule has 3 heteroatoms. The van der Waals surface area contributed by atoms with Crippen LogP contribution >= 0.6 is 0 Å². The molecular formula is C10H10O3. The van der Waals surface area contributed by atoms with Crippen LogP contribution in [0.5, 0.6) is 5.75 Å². The van der Waals surface area contributed by atoms with Gasteiger partial charge in [0, 0.05) is 0 Å². The lowest BCUT2D eigenvalue weighted by molar-refractivity contribution is -0.139. The molecular weight excluding hydrogens is 168 g/mol. The number of carbonyl (C=O) groups excluding carboxylic acids is 1. The number of para-hydroxylation sites is 1. The lowest BCUT2D eigenvalue weighted by atomic mass is 10.2. The van der Waals surface area contributed by atoms with Gasteiger partial charge in [0.2, 0.25) is 0 Å². The van der Waals surface area contributed by atoms with Gasteiger partial charge in [0.05, 0.1) is 6.61 Å². The molecule has 0 amide bonds. The fraction of sp³-hybridized carbons (Fsp3) is 0.300. The molecule has 0 saturated carbocycles. The molecule has 1 aromatic rings. The van der Waals surface area contributed by atoms with Crippen LogP contribution in [-0.4, -0.2) is 18.2 Å². The van der Waals surface area contributed by atoms with Crippen molar-refractivity contribution in [3.05, 3.63) is 30.3 Å². The van der Waals surface area contributed by atoms with Gasteiger partial charge in [-0.2, -0.15) is 0 Å². The van der Waals surface area contributed by atoms with Gasteiger partial charge in [-0.1, -0.05) is 18.2 Å². The van der Waals surface area contributed by atoms with Crippen molar-refractivity contribution in [2.45, 2.75) is 12.5 Å². The van der Waals surface area contributed by atoms with Gasteiger partial charge < -0.3 is 9.47 Å².